The van der Waals surface area contributed by atoms with Gasteiger partial charge in [0.15, 0.2) is 0 Å². The van der Waals surface area contributed by atoms with Gasteiger partial charge in [-0.3, -0.25) is 0 Å². The van der Waals surface area contributed by atoms with Gasteiger partial charge in [0.05, 0.1) is 0 Å². The molecular formula is C9H15N. The molecule has 3 aliphatic rings. The highest BCUT2D eigenvalue weighted by atomic mass is 14.9. The molecule has 0 aromatic heterocycles. The molecule has 2 saturated carbocycles. The lowest BCUT2D eigenvalue weighted by atomic mass is 10.0. The lowest BCUT2D eigenvalue weighted by Gasteiger charge is -2.05. The largest absolute Gasteiger partial charge is 0.316 e. The van der Waals surface area contributed by atoms with Gasteiger partial charge in [-0.25, -0.2) is 0 Å². The van der Waals surface area contributed by atoms with E-state index in [9.17, 15) is 0 Å². The Kier molecular flexibility index (Phi) is 0.883. The highest BCUT2D eigenvalue weighted by molar-refractivity contribution is 5.05. The van der Waals surface area contributed by atoms with Gasteiger partial charge < -0.3 is 5.32 Å². The number of hydrogen-bond acceptors (Lipinski definition) is 1. The maximum absolute atomic E-state index is 3.49. The van der Waals surface area contributed by atoms with Crippen molar-refractivity contribution in [1.29, 1.82) is 0 Å². The SMILES string of the molecule is C1NC[C@@H]2CC3(CC3)CC12. The monoisotopic (exact) mass is 137 g/mol. The summed E-state index contributed by atoms with van der Waals surface area (Å²) in [6.07, 6.45) is 6.23. The zero-order chi connectivity index (χ0) is 6.60. The summed E-state index contributed by atoms with van der Waals surface area (Å²) in [4.78, 5) is 0. The van der Waals surface area contributed by atoms with Crippen molar-refractivity contribution in [3.8, 4) is 0 Å². The van der Waals surface area contributed by atoms with Crippen LogP contribution in [0.2, 0.25) is 0 Å². The van der Waals surface area contributed by atoms with Crippen LogP contribution in [0.5, 0.6) is 0 Å². The lowest BCUT2D eigenvalue weighted by Crippen LogP contribution is -2.12. The van der Waals surface area contributed by atoms with Crippen LogP contribution in [0.4, 0.5) is 0 Å². The molecule has 1 heterocycles. The Morgan fingerprint density at radius 2 is 1.60 bits per heavy atom. The predicted octanol–water partition coefficient (Wildman–Crippen LogP) is 1.40. The first kappa shape index (κ1) is 5.59. The minimum atomic E-state index is 0.900. The fourth-order valence-corrected chi connectivity index (χ4v) is 3.05. The van der Waals surface area contributed by atoms with Gasteiger partial charge in [0, 0.05) is 0 Å². The smallest absolute Gasteiger partial charge is 0.00171 e. The average Bonchev–Trinajstić information content (AvgIpc) is 2.28. The normalized spacial score (nSPS) is 48.0. The quantitative estimate of drug-likeness (QED) is 0.532. The molecule has 10 heavy (non-hydrogen) atoms. The van der Waals surface area contributed by atoms with Crippen molar-refractivity contribution in [1.82, 2.24) is 5.32 Å². The Hall–Kier alpha value is -0.0400. The van der Waals surface area contributed by atoms with E-state index in [1.165, 1.54) is 13.1 Å². The second-order valence-corrected chi connectivity index (χ2v) is 4.59. The van der Waals surface area contributed by atoms with Gasteiger partial charge in [-0.2, -0.15) is 0 Å². The molecule has 0 aromatic carbocycles. The van der Waals surface area contributed by atoms with Gasteiger partial charge in [0.1, 0.15) is 0 Å². The zero-order valence-corrected chi connectivity index (χ0v) is 6.40. The third kappa shape index (κ3) is 0.619. The van der Waals surface area contributed by atoms with Gasteiger partial charge in [-0.1, -0.05) is 0 Å². The number of hydrogen-bond donors (Lipinski definition) is 1. The van der Waals surface area contributed by atoms with E-state index in [0.29, 0.717) is 0 Å². The van der Waals surface area contributed by atoms with Crippen molar-refractivity contribution >= 4 is 0 Å². The molecule has 2 aliphatic carbocycles. The van der Waals surface area contributed by atoms with E-state index < -0.39 is 0 Å². The van der Waals surface area contributed by atoms with Crippen molar-refractivity contribution in [2.75, 3.05) is 13.1 Å². The van der Waals surface area contributed by atoms with E-state index in [-0.39, 0.29) is 0 Å². The summed E-state index contributed by atoms with van der Waals surface area (Å²) in [7, 11) is 0. The molecule has 3 fully saturated rings. The van der Waals surface area contributed by atoms with Crippen molar-refractivity contribution in [3.05, 3.63) is 0 Å². The highest BCUT2D eigenvalue weighted by Crippen LogP contribution is 2.62. The second-order valence-electron chi connectivity index (χ2n) is 4.59. The average molecular weight is 137 g/mol. The summed E-state index contributed by atoms with van der Waals surface area (Å²) in [5.41, 5.74) is 0.900. The molecule has 0 aromatic rings. The van der Waals surface area contributed by atoms with Gasteiger partial charge in [-0.15, -0.1) is 0 Å². The summed E-state index contributed by atoms with van der Waals surface area (Å²) in [6.45, 7) is 2.65. The zero-order valence-electron chi connectivity index (χ0n) is 6.40. The van der Waals surface area contributed by atoms with E-state index in [1.54, 1.807) is 25.7 Å². The Bertz CT molecular complexity index is 146. The van der Waals surface area contributed by atoms with Crippen molar-refractivity contribution in [2.24, 2.45) is 17.3 Å². The molecular weight excluding hydrogens is 122 g/mol. The van der Waals surface area contributed by atoms with Crippen LogP contribution in [0.1, 0.15) is 25.7 Å². The van der Waals surface area contributed by atoms with Crippen LogP contribution in [0.3, 0.4) is 0 Å². The lowest BCUT2D eigenvalue weighted by molar-refractivity contribution is 0.476. The molecule has 56 valence electrons. The fraction of sp³-hybridized carbons (Fsp3) is 1.00. The van der Waals surface area contributed by atoms with Gasteiger partial charge in [-0.05, 0) is 56.0 Å². The van der Waals surface area contributed by atoms with Gasteiger partial charge in [0.25, 0.3) is 0 Å². The summed E-state index contributed by atoms with van der Waals surface area (Å²) in [5, 5.41) is 3.49. The van der Waals surface area contributed by atoms with E-state index in [4.69, 9.17) is 0 Å². The van der Waals surface area contributed by atoms with Crippen molar-refractivity contribution in [2.45, 2.75) is 25.7 Å². The number of rotatable bonds is 0. The summed E-state index contributed by atoms with van der Waals surface area (Å²) in [5.74, 6) is 2.14. The van der Waals surface area contributed by atoms with Crippen LogP contribution in [0.25, 0.3) is 0 Å². The van der Waals surface area contributed by atoms with Crippen LogP contribution in [-0.2, 0) is 0 Å². The van der Waals surface area contributed by atoms with E-state index in [0.717, 1.165) is 17.3 Å². The Balaban J connectivity index is 1.82. The Morgan fingerprint density at radius 1 is 1.00 bits per heavy atom. The third-order valence-corrected chi connectivity index (χ3v) is 3.83. The molecule has 2 atom stereocenters. The predicted molar refractivity (Wildman–Crippen MR) is 40.8 cm³/mol. The van der Waals surface area contributed by atoms with Crippen LogP contribution < -0.4 is 5.32 Å². The van der Waals surface area contributed by atoms with Crippen LogP contribution >= 0.6 is 0 Å². The molecule has 0 bridgehead atoms. The Morgan fingerprint density at radius 3 is 2.10 bits per heavy atom. The molecule has 1 saturated heterocycles. The highest BCUT2D eigenvalue weighted by Gasteiger charge is 2.53. The topological polar surface area (TPSA) is 12.0 Å². The van der Waals surface area contributed by atoms with E-state index in [2.05, 4.69) is 5.32 Å². The van der Waals surface area contributed by atoms with E-state index in [1.807, 2.05) is 0 Å². The molecule has 0 amide bonds. The molecule has 1 heteroatoms. The van der Waals surface area contributed by atoms with Gasteiger partial charge >= 0.3 is 0 Å². The van der Waals surface area contributed by atoms with E-state index >= 15 is 0 Å². The second kappa shape index (κ2) is 1.58. The molecule has 1 unspecified atom stereocenters. The van der Waals surface area contributed by atoms with Crippen LogP contribution in [0.15, 0.2) is 0 Å². The minimum absolute atomic E-state index is 0.900. The van der Waals surface area contributed by atoms with Crippen LogP contribution in [0, 0.1) is 17.3 Å². The van der Waals surface area contributed by atoms with Crippen molar-refractivity contribution in [3.63, 3.8) is 0 Å². The first-order chi connectivity index (χ1) is 4.88. The summed E-state index contributed by atoms with van der Waals surface area (Å²) >= 11 is 0. The van der Waals surface area contributed by atoms with Crippen LogP contribution in [-0.4, -0.2) is 13.1 Å². The first-order valence-corrected chi connectivity index (χ1v) is 4.59. The summed E-state index contributed by atoms with van der Waals surface area (Å²) < 4.78 is 0. The third-order valence-electron chi connectivity index (χ3n) is 3.83. The first-order valence-electron chi connectivity index (χ1n) is 4.59. The molecule has 1 nitrogen and oxygen atoms in total. The molecule has 1 aliphatic heterocycles. The molecule has 1 spiro atoms. The standard InChI is InChI=1S/C9H15N/c1-2-9(1)3-7-5-10-6-8(7)4-9/h7-8,10H,1-6H2/t7-,8?/m0/s1. The number of fused-ring (bicyclic) bond motifs is 1. The maximum Gasteiger partial charge on any atom is -0.00171 e. The maximum atomic E-state index is 3.49. The molecule has 1 N–H and O–H groups in total. The molecule has 0 radical (unpaired) electrons. The minimum Gasteiger partial charge on any atom is -0.316 e. The summed E-state index contributed by atoms with van der Waals surface area (Å²) in [6, 6.07) is 0. The Labute approximate surface area is 62.2 Å². The molecule has 3 rings (SSSR count). The number of nitrogens with one attached hydrogen (secondary N) is 1. The van der Waals surface area contributed by atoms with Gasteiger partial charge in [0.2, 0.25) is 0 Å². The fourth-order valence-electron chi connectivity index (χ4n) is 3.05. The van der Waals surface area contributed by atoms with Crippen molar-refractivity contribution < 1.29 is 0 Å².